The molecule has 11 heteroatoms. The second kappa shape index (κ2) is 10.8. The number of thiazole rings is 1. The number of fused-ring (bicyclic) bond motifs is 1. The van der Waals surface area contributed by atoms with E-state index in [0.717, 1.165) is 42.4 Å². The smallest absolute Gasteiger partial charge is 0.255 e. The van der Waals surface area contributed by atoms with Crippen molar-refractivity contribution in [2.24, 2.45) is 0 Å². The first-order chi connectivity index (χ1) is 19.4. The number of nitrogens with zero attached hydrogens (tertiary/aromatic N) is 5. The van der Waals surface area contributed by atoms with Gasteiger partial charge >= 0.3 is 0 Å². The van der Waals surface area contributed by atoms with Crippen LogP contribution >= 0.6 is 11.3 Å². The molecule has 3 aromatic heterocycles. The van der Waals surface area contributed by atoms with Gasteiger partial charge in [0.05, 0.1) is 28.1 Å². The maximum atomic E-state index is 13.0. The Hall–Kier alpha value is -4.74. The van der Waals surface area contributed by atoms with Crippen molar-refractivity contribution >= 4 is 51.0 Å². The summed E-state index contributed by atoms with van der Waals surface area (Å²) < 4.78 is 1.96. The fourth-order valence-electron chi connectivity index (χ4n) is 4.57. The van der Waals surface area contributed by atoms with Crippen molar-refractivity contribution in [3.8, 4) is 10.6 Å². The Kier molecular flexibility index (Phi) is 6.89. The molecule has 10 nitrogen and oxygen atoms in total. The molecular formula is C29H28N8O2S. The average molecular weight is 553 g/mol. The Balaban J connectivity index is 1.13. The lowest BCUT2D eigenvalue weighted by Crippen LogP contribution is -2.47. The Labute approximate surface area is 235 Å². The van der Waals surface area contributed by atoms with Crippen molar-refractivity contribution in [2.75, 3.05) is 49.6 Å². The molecule has 0 bridgehead atoms. The first kappa shape index (κ1) is 25.5. The van der Waals surface area contributed by atoms with E-state index in [1.54, 1.807) is 36.7 Å². The van der Waals surface area contributed by atoms with Gasteiger partial charge in [0, 0.05) is 55.4 Å². The third-order valence-corrected chi connectivity index (χ3v) is 7.85. The Morgan fingerprint density at radius 2 is 1.70 bits per heavy atom. The van der Waals surface area contributed by atoms with Crippen LogP contribution in [0.5, 0.6) is 0 Å². The molecule has 0 unspecified atom stereocenters. The molecular weight excluding hydrogens is 524 g/mol. The van der Waals surface area contributed by atoms with Gasteiger partial charge in [0.1, 0.15) is 5.65 Å². The second-order valence-electron chi connectivity index (χ2n) is 9.66. The number of carbonyl (C=O) groups excluding carboxylic acids is 2. The van der Waals surface area contributed by atoms with E-state index in [-0.39, 0.29) is 11.8 Å². The molecule has 0 saturated carbocycles. The van der Waals surface area contributed by atoms with Crippen LogP contribution in [0.25, 0.3) is 16.2 Å². The molecule has 4 heterocycles. The molecule has 0 aliphatic carbocycles. The third-order valence-electron chi connectivity index (χ3n) is 6.92. The van der Waals surface area contributed by atoms with Gasteiger partial charge in [-0.2, -0.15) is 0 Å². The number of piperazine rings is 1. The first-order valence-electron chi connectivity index (χ1n) is 12.9. The monoisotopic (exact) mass is 552 g/mol. The summed E-state index contributed by atoms with van der Waals surface area (Å²) in [4.78, 5) is 39.7. The first-order valence-corrected chi connectivity index (χ1v) is 13.7. The Morgan fingerprint density at radius 3 is 2.48 bits per heavy atom. The van der Waals surface area contributed by atoms with Crippen LogP contribution < -0.4 is 16.4 Å². The van der Waals surface area contributed by atoms with E-state index in [1.165, 1.54) is 11.3 Å². The van der Waals surface area contributed by atoms with Crippen molar-refractivity contribution in [3.05, 3.63) is 90.4 Å². The molecule has 40 heavy (non-hydrogen) atoms. The van der Waals surface area contributed by atoms with Crippen LogP contribution in [-0.4, -0.2) is 69.2 Å². The number of carbonyl (C=O) groups is 2. The summed E-state index contributed by atoms with van der Waals surface area (Å²) in [6.45, 7) is 3.23. The van der Waals surface area contributed by atoms with Crippen molar-refractivity contribution in [1.29, 1.82) is 0 Å². The number of benzene rings is 2. The zero-order valence-corrected chi connectivity index (χ0v) is 22.7. The number of para-hydroxylation sites is 2. The fraction of sp³-hybridized carbons (Fsp3) is 0.172. The zero-order chi connectivity index (χ0) is 27.6. The van der Waals surface area contributed by atoms with Crippen LogP contribution in [-0.2, 0) is 0 Å². The molecule has 1 aliphatic heterocycles. The lowest BCUT2D eigenvalue weighted by Gasteiger charge is -2.32. The highest BCUT2D eigenvalue weighted by atomic mass is 32.1. The number of nitrogen functional groups attached to an aromatic ring is 1. The van der Waals surface area contributed by atoms with Crippen LogP contribution in [0.1, 0.15) is 20.7 Å². The minimum Gasteiger partial charge on any atom is -0.397 e. The summed E-state index contributed by atoms with van der Waals surface area (Å²) >= 11 is 1.49. The van der Waals surface area contributed by atoms with E-state index in [9.17, 15) is 9.59 Å². The molecule has 0 radical (unpaired) electrons. The largest absolute Gasteiger partial charge is 0.397 e. The van der Waals surface area contributed by atoms with Gasteiger partial charge in [0.2, 0.25) is 0 Å². The topological polar surface area (TPSA) is 121 Å². The number of nitrogens with two attached hydrogens (primary N) is 1. The molecule has 0 spiro atoms. The Morgan fingerprint density at radius 1 is 0.925 bits per heavy atom. The number of hydrogen-bond acceptors (Lipinski definition) is 8. The van der Waals surface area contributed by atoms with Gasteiger partial charge in [-0.25, -0.2) is 9.97 Å². The predicted octanol–water partition coefficient (Wildman–Crippen LogP) is 4.42. The van der Waals surface area contributed by atoms with Crippen LogP contribution in [0.3, 0.4) is 0 Å². The Bertz CT molecular complexity index is 1690. The van der Waals surface area contributed by atoms with Crippen molar-refractivity contribution in [1.82, 2.24) is 24.2 Å². The quantitative estimate of drug-likeness (QED) is 0.267. The summed E-state index contributed by atoms with van der Waals surface area (Å²) in [6.07, 6.45) is 5.48. The van der Waals surface area contributed by atoms with Gasteiger partial charge in [-0.05, 0) is 55.6 Å². The number of amides is 2. The van der Waals surface area contributed by atoms with E-state index in [2.05, 4.69) is 32.5 Å². The lowest BCUT2D eigenvalue weighted by molar-refractivity contribution is 0.0664. The van der Waals surface area contributed by atoms with E-state index in [1.807, 2.05) is 51.9 Å². The van der Waals surface area contributed by atoms with Gasteiger partial charge in [-0.1, -0.05) is 23.5 Å². The zero-order valence-electron chi connectivity index (χ0n) is 21.9. The minimum absolute atomic E-state index is 0.0390. The predicted molar refractivity (Wildman–Crippen MR) is 158 cm³/mol. The normalized spacial score (nSPS) is 13.9. The number of pyridine rings is 1. The number of aromatic nitrogens is 3. The molecule has 1 fully saturated rings. The number of nitrogens with one attached hydrogen (secondary N) is 2. The van der Waals surface area contributed by atoms with Gasteiger partial charge in [-0.3, -0.25) is 14.0 Å². The molecule has 1 aliphatic rings. The molecule has 2 aromatic carbocycles. The van der Waals surface area contributed by atoms with Crippen LogP contribution in [0.2, 0.25) is 0 Å². The summed E-state index contributed by atoms with van der Waals surface area (Å²) in [5, 5.41) is 6.84. The van der Waals surface area contributed by atoms with Gasteiger partial charge in [-0.15, -0.1) is 0 Å². The molecule has 0 atom stereocenters. The van der Waals surface area contributed by atoms with Crippen molar-refractivity contribution < 1.29 is 9.59 Å². The van der Waals surface area contributed by atoms with Gasteiger partial charge in [0.15, 0.2) is 5.13 Å². The second-order valence-corrected chi connectivity index (χ2v) is 10.7. The minimum atomic E-state index is -0.234. The van der Waals surface area contributed by atoms with E-state index in [0.29, 0.717) is 33.3 Å². The highest BCUT2D eigenvalue weighted by Crippen LogP contribution is 2.31. The standard InChI is InChI=1S/C29H28N8O2S/c1-35-12-14-36(15-13-35)28(39)20-10-11-37-24(17-31-26(37)16-20)25-18-32-29(40-25)33-21-8-6-19(7-9-21)27(38)34-23-5-3-2-4-22(23)30/h2-11,16-18H,12-15,30H2,1H3,(H,32,33)(H,34,38). The van der Waals surface area contributed by atoms with Gasteiger partial charge < -0.3 is 26.2 Å². The van der Waals surface area contributed by atoms with Crippen LogP contribution in [0, 0.1) is 0 Å². The highest BCUT2D eigenvalue weighted by molar-refractivity contribution is 7.18. The molecule has 6 rings (SSSR count). The fourth-order valence-corrected chi connectivity index (χ4v) is 5.42. The molecule has 2 amide bonds. The summed E-state index contributed by atoms with van der Waals surface area (Å²) in [5.41, 5.74) is 10.6. The maximum Gasteiger partial charge on any atom is 0.255 e. The summed E-state index contributed by atoms with van der Waals surface area (Å²) in [6, 6.07) is 18.0. The third kappa shape index (κ3) is 5.24. The lowest BCUT2D eigenvalue weighted by atomic mass is 10.2. The SMILES string of the molecule is CN1CCN(C(=O)c2ccn3c(-c4cnc(Nc5ccc(C(=O)Nc6ccccc6N)cc5)s4)cnc3c2)CC1. The number of imidazole rings is 1. The summed E-state index contributed by atoms with van der Waals surface area (Å²) in [7, 11) is 2.07. The highest BCUT2D eigenvalue weighted by Gasteiger charge is 2.21. The number of rotatable bonds is 6. The number of hydrogen-bond donors (Lipinski definition) is 3. The van der Waals surface area contributed by atoms with Crippen molar-refractivity contribution in [3.63, 3.8) is 0 Å². The van der Waals surface area contributed by atoms with Crippen molar-refractivity contribution in [2.45, 2.75) is 0 Å². The molecule has 202 valence electrons. The molecule has 1 saturated heterocycles. The molecule has 4 N–H and O–H groups in total. The maximum absolute atomic E-state index is 13.0. The number of anilines is 4. The van der Waals surface area contributed by atoms with Gasteiger partial charge in [0.25, 0.3) is 11.8 Å². The van der Waals surface area contributed by atoms with E-state index in [4.69, 9.17) is 5.73 Å². The van der Waals surface area contributed by atoms with E-state index >= 15 is 0 Å². The van der Waals surface area contributed by atoms with E-state index < -0.39 is 0 Å². The molecule has 5 aromatic rings. The van der Waals surface area contributed by atoms with Crippen LogP contribution in [0.4, 0.5) is 22.2 Å². The summed E-state index contributed by atoms with van der Waals surface area (Å²) in [5.74, 6) is -0.195. The van der Waals surface area contributed by atoms with Crippen LogP contribution in [0.15, 0.2) is 79.3 Å². The average Bonchev–Trinajstić information content (AvgIpc) is 3.61. The number of likely N-dealkylation sites (N-methyl/N-ethyl adjacent to an activating group) is 1.